The summed E-state index contributed by atoms with van der Waals surface area (Å²) in [7, 11) is 0. The van der Waals surface area contributed by atoms with Crippen molar-refractivity contribution in [3.8, 4) is 0 Å². The Morgan fingerprint density at radius 2 is 1.75 bits per heavy atom. The second kappa shape index (κ2) is 6.94. The number of nitrogens with one attached hydrogen (secondary N) is 1. The number of hydrogen-bond donors (Lipinski definition) is 4. The molecule has 3 rings (SSSR count). The van der Waals surface area contributed by atoms with Gasteiger partial charge in [-0.3, -0.25) is 0 Å². The molecule has 7 N–H and O–H groups in total. The number of benzene rings is 1. The number of nitrogens with two attached hydrogens (primary N) is 3. The molecule has 1 saturated heterocycles. The van der Waals surface area contributed by atoms with E-state index < -0.39 is 0 Å². The van der Waals surface area contributed by atoms with Gasteiger partial charge in [0.25, 0.3) is 0 Å². The van der Waals surface area contributed by atoms with Gasteiger partial charge in [0, 0.05) is 30.9 Å². The van der Waals surface area contributed by atoms with Gasteiger partial charge < -0.3 is 27.4 Å². The van der Waals surface area contributed by atoms with Crippen molar-refractivity contribution in [1.82, 2.24) is 15.0 Å². The van der Waals surface area contributed by atoms with E-state index in [1.165, 1.54) is 0 Å². The highest BCUT2D eigenvalue weighted by molar-refractivity contribution is 6.42. The summed E-state index contributed by atoms with van der Waals surface area (Å²) in [4.78, 5) is 14.6. The largest absolute Gasteiger partial charge is 0.368 e. The van der Waals surface area contributed by atoms with Crippen LogP contribution in [0.4, 0.5) is 23.5 Å². The molecular weight excluding hydrogens is 351 g/mol. The van der Waals surface area contributed by atoms with Crippen LogP contribution < -0.4 is 27.4 Å². The average Bonchev–Trinajstić information content (AvgIpc) is 2.49. The summed E-state index contributed by atoms with van der Waals surface area (Å²) in [6.07, 6.45) is 0.769. The van der Waals surface area contributed by atoms with E-state index >= 15 is 0 Å². The van der Waals surface area contributed by atoms with Crippen LogP contribution in [0.3, 0.4) is 0 Å². The fourth-order valence-electron chi connectivity index (χ4n) is 2.62. The summed E-state index contributed by atoms with van der Waals surface area (Å²) in [6, 6.07) is 5.06. The summed E-state index contributed by atoms with van der Waals surface area (Å²) in [5.41, 5.74) is 18.5. The molecule has 0 saturated carbocycles. The lowest BCUT2D eigenvalue weighted by molar-refractivity contribution is 0.447. The van der Waals surface area contributed by atoms with Gasteiger partial charge in [0.1, 0.15) is 0 Å². The maximum Gasteiger partial charge on any atom is 0.233 e. The highest BCUT2D eigenvalue weighted by Crippen LogP contribution is 2.26. The number of halogens is 2. The monoisotopic (exact) mass is 368 g/mol. The zero-order chi connectivity index (χ0) is 17.3. The van der Waals surface area contributed by atoms with Gasteiger partial charge >= 0.3 is 0 Å². The van der Waals surface area contributed by atoms with Gasteiger partial charge in [0.15, 0.2) is 0 Å². The van der Waals surface area contributed by atoms with Crippen LogP contribution in [0.5, 0.6) is 0 Å². The van der Waals surface area contributed by atoms with E-state index in [0.717, 1.165) is 6.42 Å². The Bertz CT molecular complexity index is 731. The maximum absolute atomic E-state index is 6.02. The number of aromatic nitrogens is 3. The molecule has 2 aromatic rings. The van der Waals surface area contributed by atoms with E-state index in [9.17, 15) is 0 Å². The molecule has 2 atom stereocenters. The van der Waals surface area contributed by atoms with Crippen LogP contribution >= 0.6 is 23.2 Å². The van der Waals surface area contributed by atoms with Crippen LogP contribution in [0.15, 0.2) is 18.2 Å². The van der Waals surface area contributed by atoms with Gasteiger partial charge in [-0.25, -0.2) is 0 Å². The van der Waals surface area contributed by atoms with Crippen LogP contribution in [0.2, 0.25) is 10.0 Å². The standard InChI is InChI=1S/C14H18Cl2N8/c15-10-2-1-9(4-11(10)16)20-13-21-12(19)22-14(23-13)24-5-7(17)3-8(18)6-24/h1-2,4,7-8H,3,5-6,17-18H2,(H3,19,20,21,22,23)/t7-,8?/m0/s1. The summed E-state index contributed by atoms with van der Waals surface area (Å²) in [6.45, 7) is 1.23. The lowest BCUT2D eigenvalue weighted by Gasteiger charge is -2.34. The van der Waals surface area contributed by atoms with Gasteiger partial charge in [0.2, 0.25) is 17.8 Å². The van der Waals surface area contributed by atoms with E-state index in [4.69, 9.17) is 40.4 Å². The summed E-state index contributed by atoms with van der Waals surface area (Å²) in [5.74, 6) is 0.856. The molecule has 1 aromatic carbocycles. The molecule has 2 heterocycles. The zero-order valence-corrected chi connectivity index (χ0v) is 14.3. The number of hydrogen-bond acceptors (Lipinski definition) is 8. The van der Waals surface area contributed by atoms with Crippen LogP contribution in [0.1, 0.15) is 6.42 Å². The lowest BCUT2D eigenvalue weighted by Crippen LogP contribution is -2.52. The molecule has 0 radical (unpaired) electrons. The predicted octanol–water partition coefficient (Wildman–Crippen LogP) is 1.37. The van der Waals surface area contributed by atoms with Crippen molar-refractivity contribution in [3.63, 3.8) is 0 Å². The molecule has 10 heteroatoms. The Morgan fingerprint density at radius 1 is 1.04 bits per heavy atom. The lowest BCUT2D eigenvalue weighted by atomic mass is 10.0. The second-order valence-electron chi connectivity index (χ2n) is 5.73. The molecule has 128 valence electrons. The number of nitrogens with zero attached hydrogens (tertiary/aromatic N) is 4. The first kappa shape index (κ1) is 17.0. The van der Waals surface area contributed by atoms with Gasteiger partial charge in [-0.2, -0.15) is 15.0 Å². The topological polar surface area (TPSA) is 132 Å². The summed E-state index contributed by atoms with van der Waals surface area (Å²) in [5, 5.41) is 3.93. The van der Waals surface area contributed by atoms with Crippen molar-refractivity contribution >= 4 is 46.7 Å². The van der Waals surface area contributed by atoms with Crippen molar-refractivity contribution in [2.24, 2.45) is 11.5 Å². The van der Waals surface area contributed by atoms with Crippen molar-refractivity contribution < 1.29 is 0 Å². The highest BCUT2D eigenvalue weighted by Gasteiger charge is 2.25. The Labute approximate surface area is 149 Å². The van der Waals surface area contributed by atoms with Crippen molar-refractivity contribution in [2.75, 3.05) is 29.0 Å². The molecule has 1 aliphatic rings. The van der Waals surface area contributed by atoms with E-state index in [2.05, 4.69) is 20.3 Å². The third-order valence-corrected chi connectivity index (χ3v) is 4.35. The number of nitrogen functional groups attached to an aromatic ring is 1. The Hall–Kier alpha value is -1.87. The normalized spacial score (nSPS) is 20.9. The first-order chi connectivity index (χ1) is 11.4. The zero-order valence-electron chi connectivity index (χ0n) is 12.8. The third kappa shape index (κ3) is 3.96. The number of piperidine rings is 1. The molecule has 1 aliphatic heterocycles. The molecule has 1 fully saturated rings. The molecule has 0 spiro atoms. The molecule has 24 heavy (non-hydrogen) atoms. The van der Waals surface area contributed by atoms with Crippen molar-refractivity contribution in [2.45, 2.75) is 18.5 Å². The number of rotatable bonds is 3. The van der Waals surface area contributed by atoms with Gasteiger partial charge in [0.05, 0.1) is 10.0 Å². The predicted molar refractivity (Wildman–Crippen MR) is 96.8 cm³/mol. The summed E-state index contributed by atoms with van der Waals surface area (Å²) >= 11 is 11.9. The second-order valence-corrected chi connectivity index (χ2v) is 6.55. The van der Waals surface area contributed by atoms with Crippen molar-refractivity contribution in [3.05, 3.63) is 28.2 Å². The quantitative estimate of drug-likeness (QED) is 0.638. The average molecular weight is 369 g/mol. The molecular formula is C14H18Cl2N8. The molecule has 8 nitrogen and oxygen atoms in total. The molecule has 0 bridgehead atoms. The van der Waals surface area contributed by atoms with Crippen LogP contribution in [0, 0.1) is 0 Å². The molecule has 1 unspecified atom stereocenters. The van der Waals surface area contributed by atoms with Gasteiger partial charge in [-0.05, 0) is 24.6 Å². The van der Waals surface area contributed by atoms with Crippen LogP contribution in [0.25, 0.3) is 0 Å². The minimum Gasteiger partial charge on any atom is -0.368 e. The molecule has 0 aliphatic carbocycles. The van der Waals surface area contributed by atoms with Gasteiger partial charge in [-0.1, -0.05) is 23.2 Å². The maximum atomic E-state index is 6.02. The minimum absolute atomic E-state index is 0.0294. The number of anilines is 4. The fourth-order valence-corrected chi connectivity index (χ4v) is 2.92. The Morgan fingerprint density at radius 3 is 2.42 bits per heavy atom. The van der Waals surface area contributed by atoms with E-state index in [0.29, 0.717) is 40.7 Å². The SMILES string of the molecule is Nc1nc(Nc2ccc(Cl)c(Cl)c2)nc(N2CC(N)C[C@H](N)C2)n1. The van der Waals surface area contributed by atoms with Gasteiger partial charge in [-0.15, -0.1) is 0 Å². The summed E-state index contributed by atoms with van der Waals surface area (Å²) < 4.78 is 0. The highest BCUT2D eigenvalue weighted by atomic mass is 35.5. The first-order valence-corrected chi connectivity index (χ1v) is 8.16. The van der Waals surface area contributed by atoms with Crippen molar-refractivity contribution in [1.29, 1.82) is 0 Å². The van der Waals surface area contributed by atoms with Crippen LogP contribution in [-0.4, -0.2) is 40.1 Å². The third-order valence-electron chi connectivity index (χ3n) is 3.61. The minimum atomic E-state index is -0.0294. The molecule has 1 aromatic heterocycles. The fraction of sp³-hybridized carbons (Fsp3) is 0.357. The Balaban J connectivity index is 1.84. The first-order valence-electron chi connectivity index (χ1n) is 7.40. The van der Waals surface area contributed by atoms with E-state index in [1.54, 1.807) is 18.2 Å². The van der Waals surface area contributed by atoms with Crippen LogP contribution in [-0.2, 0) is 0 Å². The smallest absolute Gasteiger partial charge is 0.233 e. The Kier molecular flexibility index (Phi) is 4.91. The molecule has 0 amide bonds. The van der Waals surface area contributed by atoms with E-state index in [-0.39, 0.29) is 18.0 Å². The van der Waals surface area contributed by atoms with E-state index in [1.807, 2.05) is 4.90 Å².